The third-order valence-electron chi connectivity index (χ3n) is 5.74. The highest BCUT2D eigenvalue weighted by molar-refractivity contribution is 9.10. The van der Waals surface area contributed by atoms with Crippen molar-refractivity contribution in [3.8, 4) is 11.3 Å². The van der Waals surface area contributed by atoms with Crippen molar-refractivity contribution < 1.29 is 24.0 Å². The molecule has 1 aliphatic rings. The zero-order chi connectivity index (χ0) is 27.5. The molecule has 0 unspecified atom stereocenters. The average Bonchev–Trinajstić information content (AvgIpc) is 3.50. The highest BCUT2D eigenvalue weighted by Gasteiger charge is 2.34. The van der Waals surface area contributed by atoms with Crippen LogP contribution in [0, 0.1) is 10.1 Å². The molecule has 0 spiro atoms. The van der Waals surface area contributed by atoms with Gasteiger partial charge in [0.15, 0.2) is 5.17 Å². The van der Waals surface area contributed by atoms with E-state index in [0.29, 0.717) is 37.3 Å². The maximum atomic E-state index is 13.5. The lowest BCUT2D eigenvalue weighted by atomic mass is 10.1. The molecule has 194 valence electrons. The monoisotopic (exact) mass is 603 g/mol. The number of para-hydroxylation sites is 1. The van der Waals surface area contributed by atoms with E-state index in [0.717, 1.165) is 5.56 Å². The summed E-state index contributed by atoms with van der Waals surface area (Å²) in [5.41, 5.74) is 2.18. The van der Waals surface area contributed by atoms with Gasteiger partial charge >= 0.3 is 5.97 Å². The molecule has 9 nitrogen and oxygen atoms in total. The van der Waals surface area contributed by atoms with Crippen molar-refractivity contribution in [3.63, 3.8) is 0 Å². The summed E-state index contributed by atoms with van der Waals surface area (Å²) in [6, 6.07) is 23.4. The van der Waals surface area contributed by atoms with E-state index < -0.39 is 10.9 Å². The molecule has 5 rings (SSSR count). The van der Waals surface area contributed by atoms with Crippen LogP contribution in [0.25, 0.3) is 17.4 Å². The summed E-state index contributed by atoms with van der Waals surface area (Å²) in [4.78, 5) is 41.8. The number of non-ortho nitro benzene ring substituents is 1. The van der Waals surface area contributed by atoms with Gasteiger partial charge < -0.3 is 9.52 Å². The second-order valence-corrected chi connectivity index (χ2v) is 10.2. The predicted molar refractivity (Wildman–Crippen MR) is 152 cm³/mol. The molecule has 39 heavy (non-hydrogen) atoms. The first kappa shape index (κ1) is 26.1. The van der Waals surface area contributed by atoms with Gasteiger partial charge in [-0.2, -0.15) is 0 Å². The molecule has 3 aromatic carbocycles. The number of thioether (sulfide) groups is 1. The maximum Gasteiger partial charge on any atom is 0.335 e. The molecular formula is C28H18BrN3O6S. The summed E-state index contributed by atoms with van der Waals surface area (Å²) in [6.45, 7) is 0.202. The molecule has 0 saturated carbocycles. The quantitative estimate of drug-likeness (QED) is 0.135. The predicted octanol–water partition coefficient (Wildman–Crippen LogP) is 7.12. The van der Waals surface area contributed by atoms with Crippen LogP contribution in [0.3, 0.4) is 0 Å². The first-order valence-electron chi connectivity index (χ1n) is 11.5. The fourth-order valence-corrected chi connectivity index (χ4v) is 5.34. The third-order valence-corrected chi connectivity index (χ3v) is 7.40. The Morgan fingerprint density at radius 2 is 1.82 bits per heavy atom. The van der Waals surface area contributed by atoms with Gasteiger partial charge in [0.25, 0.3) is 11.6 Å². The standard InChI is InChI=1S/C28H18BrN3O6S/c29-23-14-20(32(36)37)10-12-22(23)24-13-11-21(38-24)15-25-26(33)31(16-17-6-8-18(9-7-17)27(34)35)28(39-25)30-19-4-2-1-3-5-19/h1-15H,16H2,(H,34,35)/b25-15+,30-28?. The van der Waals surface area contributed by atoms with Crippen molar-refractivity contribution in [2.24, 2.45) is 4.99 Å². The van der Waals surface area contributed by atoms with E-state index in [1.165, 1.54) is 40.9 Å². The Morgan fingerprint density at radius 1 is 1.08 bits per heavy atom. The minimum Gasteiger partial charge on any atom is -0.478 e. The normalized spacial score (nSPS) is 15.3. The minimum atomic E-state index is -1.02. The van der Waals surface area contributed by atoms with Crippen molar-refractivity contribution in [3.05, 3.63) is 121 Å². The number of carbonyl (C=O) groups is 2. The summed E-state index contributed by atoms with van der Waals surface area (Å²) in [5, 5.41) is 20.7. The summed E-state index contributed by atoms with van der Waals surface area (Å²) in [5.74, 6) is -0.388. The van der Waals surface area contributed by atoms with E-state index >= 15 is 0 Å². The molecule has 1 N–H and O–H groups in total. The van der Waals surface area contributed by atoms with Crippen LogP contribution in [-0.4, -0.2) is 32.0 Å². The molecule has 4 aromatic rings. The lowest BCUT2D eigenvalue weighted by Gasteiger charge is -2.16. The number of hydrogen-bond donors (Lipinski definition) is 1. The highest BCUT2D eigenvalue weighted by atomic mass is 79.9. The number of furan rings is 1. The lowest BCUT2D eigenvalue weighted by molar-refractivity contribution is -0.384. The lowest BCUT2D eigenvalue weighted by Crippen LogP contribution is -2.28. The fourth-order valence-electron chi connectivity index (χ4n) is 3.80. The first-order chi connectivity index (χ1) is 18.8. The Kier molecular flexibility index (Phi) is 7.44. The summed E-state index contributed by atoms with van der Waals surface area (Å²) < 4.78 is 6.46. The van der Waals surface area contributed by atoms with Crippen LogP contribution in [0.5, 0.6) is 0 Å². The Hall–Kier alpha value is -4.48. The molecule has 2 heterocycles. The second-order valence-electron chi connectivity index (χ2n) is 8.36. The van der Waals surface area contributed by atoms with Crippen LogP contribution in [0.15, 0.2) is 104 Å². The molecule has 1 aromatic heterocycles. The number of rotatable bonds is 7. The highest BCUT2D eigenvalue weighted by Crippen LogP contribution is 2.37. The molecule has 1 aliphatic heterocycles. The number of hydrogen-bond acceptors (Lipinski definition) is 7. The number of carboxylic acids is 1. The van der Waals surface area contributed by atoms with Gasteiger partial charge in [-0.05, 0) is 75.7 Å². The molecule has 1 saturated heterocycles. The number of benzene rings is 3. The Bertz CT molecular complexity index is 1650. The molecule has 11 heteroatoms. The van der Waals surface area contributed by atoms with Crippen LogP contribution in [0.1, 0.15) is 21.7 Å². The number of carboxylic acid groups (broad SMARTS) is 1. The van der Waals surface area contributed by atoms with Crippen LogP contribution in [0.2, 0.25) is 0 Å². The van der Waals surface area contributed by atoms with E-state index in [1.807, 2.05) is 30.3 Å². The maximum absolute atomic E-state index is 13.5. The number of nitrogens with zero attached hydrogens (tertiary/aromatic N) is 3. The van der Waals surface area contributed by atoms with Crippen LogP contribution in [0.4, 0.5) is 11.4 Å². The van der Waals surface area contributed by atoms with E-state index in [2.05, 4.69) is 20.9 Å². The molecule has 0 atom stereocenters. The topological polar surface area (TPSA) is 126 Å². The molecule has 1 amide bonds. The van der Waals surface area contributed by atoms with Gasteiger partial charge in [-0.15, -0.1) is 0 Å². The van der Waals surface area contributed by atoms with E-state index in [-0.39, 0.29) is 23.7 Å². The Labute approximate surface area is 234 Å². The van der Waals surface area contributed by atoms with Gasteiger partial charge in [0, 0.05) is 28.2 Å². The third kappa shape index (κ3) is 5.84. The summed E-state index contributed by atoms with van der Waals surface area (Å²) in [7, 11) is 0. The first-order valence-corrected chi connectivity index (χ1v) is 13.1. The largest absolute Gasteiger partial charge is 0.478 e. The molecule has 0 radical (unpaired) electrons. The van der Waals surface area contributed by atoms with Gasteiger partial charge in [-0.25, -0.2) is 9.79 Å². The number of amides is 1. The number of halogens is 1. The van der Waals surface area contributed by atoms with E-state index in [9.17, 15) is 24.8 Å². The fraction of sp³-hybridized carbons (Fsp3) is 0.0357. The van der Waals surface area contributed by atoms with Gasteiger partial charge in [0.2, 0.25) is 0 Å². The number of nitro groups is 1. The Morgan fingerprint density at radius 3 is 2.49 bits per heavy atom. The van der Waals surface area contributed by atoms with Crippen molar-refractivity contribution in [1.29, 1.82) is 0 Å². The zero-order valence-corrected chi connectivity index (χ0v) is 22.4. The summed E-state index contributed by atoms with van der Waals surface area (Å²) >= 11 is 4.56. The number of amidine groups is 1. The number of aromatic carboxylic acids is 1. The minimum absolute atomic E-state index is 0.0459. The molecule has 1 fully saturated rings. The van der Waals surface area contributed by atoms with Crippen LogP contribution >= 0.6 is 27.7 Å². The van der Waals surface area contributed by atoms with Crippen molar-refractivity contribution in [2.45, 2.75) is 6.54 Å². The number of nitro benzene ring substituents is 1. The SMILES string of the molecule is O=C(O)c1ccc(CN2C(=O)/C(=C\c3ccc(-c4ccc([N+](=O)[O-])cc4Br)o3)SC2=Nc2ccccc2)cc1. The average molecular weight is 604 g/mol. The van der Waals surface area contributed by atoms with E-state index in [1.54, 1.807) is 36.4 Å². The van der Waals surface area contributed by atoms with Crippen molar-refractivity contribution >= 4 is 62.2 Å². The van der Waals surface area contributed by atoms with Crippen LogP contribution in [-0.2, 0) is 11.3 Å². The van der Waals surface area contributed by atoms with Gasteiger partial charge in [0.05, 0.1) is 27.6 Å². The smallest absolute Gasteiger partial charge is 0.335 e. The second kappa shape index (κ2) is 11.1. The Balaban J connectivity index is 1.44. The van der Waals surface area contributed by atoms with Gasteiger partial charge in [0.1, 0.15) is 11.5 Å². The van der Waals surface area contributed by atoms with Gasteiger partial charge in [-0.1, -0.05) is 30.3 Å². The molecule has 0 aliphatic carbocycles. The zero-order valence-electron chi connectivity index (χ0n) is 20.0. The van der Waals surface area contributed by atoms with Crippen molar-refractivity contribution in [2.75, 3.05) is 0 Å². The summed E-state index contributed by atoms with van der Waals surface area (Å²) in [6.07, 6.45) is 1.63. The molecular weight excluding hydrogens is 586 g/mol. The van der Waals surface area contributed by atoms with Gasteiger partial charge in [-0.3, -0.25) is 19.8 Å². The number of carbonyl (C=O) groups excluding carboxylic acids is 1. The van der Waals surface area contributed by atoms with Crippen molar-refractivity contribution in [1.82, 2.24) is 4.90 Å². The van der Waals surface area contributed by atoms with Crippen LogP contribution < -0.4 is 0 Å². The molecule has 0 bridgehead atoms. The van der Waals surface area contributed by atoms with E-state index in [4.69, 9.17) is 4.42 Å². The number of aliphatic imine (C=N–C) groups is 1.